The van der Waals surface area contributed by atoms with Crippen LogP contribution < -0.4 is 5.32 Å². The van der Waals surface area contributed by atoms with E-state index in [-0.39, 0.29) is 16.3 Å². The molecule has 0 aliphatic rings. The quantitative estimate of drug-likeness (QED) is 0.783. The SMILES string of the molecule is CNC(=O)CN(C)S(=O)(=O)c1csc(C(=O)O)c1. The largest absolute Gasteiger partial charge is 0.477 e. The van der Waals surface area contributed by atoms with E-state index < -0.39 is 21.9 Å². The van der Waals surface area contributed by atoms with E-state index in [0.29, 0.717) is 0 Å². The number of thiophene rings is 1. The molecule has 18 heavy (non-hydrogen) atoms. The lowest BCUT2D eigenvalue weighted by molar-refractivity contribution is -0.120. The third kappa shape index (κ3) is 3.06. The Kier molecular flexibility index (Phi) is 4.43. The van der Waals surface area contributed by atoms with Crippen molar-refractivity contribution in [3.63, 3.8) is 0 Å². The maximum Gasteiger partial charge on any atom is 0.345 e. The van der Waals surface area contributed by atoms with E-state index in [1.54, 1.807) is 0 Å². The normalized spacial score (nSPS) is 11.5. The summed E-state index contributed by atoms with van der Waals surface area (Å²) in [4.78, 5) is 21.6. The summed E-state index contributed by atoms with van der Waals surface area (Å²) in [5.74, 6) is -1.63. The highest BCUT2D eigenvalue weighted by Gasteiger charge is 2.24. The van der Waals surface area contributed by atoms with Gasteiger partial charge in [-0.1, -0.05) is 0 Å². The number of rotatable bonds is 5. The zero-order valence-corrected chi connectivity index (χ0v) is 11.3. The van der Waals surface area contributed by atoms with Crippen molar-refractivity contribution < 1.29 is 23.1 Å². The van der Waals surface area contributed by atoms with E-state index in [1.807, 2.05) is 0 Å². The maximum atomic E-state index is 12.0. The molecule has 0 aromatic carbocycles. The highest BCUT2D eigenvalue weighted by Crippen LogP contribution is 2.21. The topological polar surface area (TPSA) is 104 Å². The van der Waals surface area contributed by atoms with Crippen LogP contribution in [0.3, 0.4) is 0 Å². The minimum Gasteiger partial charge on any atom is -0.477 e. The van der Waals surface area contributed by atoms with Gasteiger partial charge in [-0.15, -0.1) is 11.3 Å². The number of likely N-dealkylation sites (N-methyl/N-ethyl adjacent to an activating group) is 2. The van der Waals surface area contributed by atoms with Crippen molar-refractivity contribution in [1.82, 2.24) is 9.62 Å². The molecular formula is C9H12N2O5S2. The van der Waals surface area contributed by atoms with E-state index in [0.717, 1.165) is 21.7 Å². The molecule has 1 aromatic heterocycles. The monoisotopic (exact) mass is 292 g/mol. The number of hydrogen-bond donors (Lipinski definition) is 2. The molecule has 0 fully saturated rings. The highest BCUT2D eigenvalue weighted by atomic mass is 32.2. The Morgan fingerprint density at radius 2 is 2.11 bits per heavy atom. The van der Waals surface area contributed by atoms with Crippen LogP contribution in [0.4, 0.5) is 0 Å². The molecule has 9 heteroatoms. The fourth-order valence-corrected chi connectivity index (χ4v) is 3.34. The van der Waals surface area contributed by atoms with E-state index in [4.69, 9.17) is 5.11 Å². The molecule has 1 aromatic rings. The lowest BCUT2D eigenvalue weighted by atomic mass is 10.5. The van der Waals surface area contributed by atoms with Crippen LogP contribution in [-0.2, 0) is 14.8 Å². The summed E-state index contributed by atoms with van der Waals surface area (Å²) < 4.78 is 24.8. The second kappa shape index (κ2) is 5.46. The van der Waals surface area contributed by atoms with Gasteiger partial charge in [-0.3, -0.25) is 4.79 Å². The fraction of sp³-hybridized carbons (Fsp3) is 0.333. The second-order valence-corrected chi connectivity index (χ2v) is 6.34. The first-order valence-electron chi connectivity index (χ1n) is 4.77. The van der Waals surface area contributed by atoms with Gasteiger partial charge in [-0.05, 0) is 6.07 Å². The zero-order chi connectivity index (χ0) is 13.9. The van der Waals surface area contributed by atoms with E-state index in [2.05, 4.69) is 5.32 Å². The Labute approximate surface area is 108 Å². The molecule has 0 aliphatic heterocycles. The molecule has 1 rings (SSSR count). The summed E-state index contributed by atoms with van der Waals surface area (Å²) >= 11 is 0.821. The first kappa shape index (κ1) is 14.6. The third-order valence-electron chi connectivity index (χ3n) is 2.14. The van der Waals surface area contributed by atoms with Crippen LogP contribution in [0.1, 0.15) is 9.67 Å². The number of nitrogens with zero attached hydrogens (tertiary/aromatic N) is 1. The van der Waals surface area contributed by atoms with E-state index >= 15 is 0 Å². The maximum absolute atomic E-state index is 12.0. The summed E-state index contributed by atoms with van der Waals surface area (Å²) in [7, 11) is -1.19. The Hall–Kier alpha value is -1.45. The standard InChI is InChI=1S/C9H12N2O5S2/c1-10-8(12)4-11(2)18(15,16)6-3-7(9(13)14)17-5-6/h3,5H,4H2,1-2H3,(H,10,12)(H,13,14). The molecule has 2 N–H and O–H groups in total. The number of nitrogens with one attached hydrogen (secondary N) is 1. The summed E-state index contributed by atoms with van der Waals surface area (Å²) in [6.07, 6.45) is 0. The van der Waals surface area contributed by atoms with Crippen molar-refractivity contribution >= 4 is 33.2 Å². The zero-order valence-electron chi connectivity index (χ0n) is 9.71. The summed E-state index contributed by atoms with van der Waals surface area (Å²) in [5, 5.41) is 12.3. The van der Waals surface area contributed by atoms with Crippen molar-refractivity contribution in [3.8, 4) is 0 Å². The minimum atomic E-state index is -3.84. The molecule has 100 valence electrons. The van der Waals surface area contributed by atoms with Gasteiger partial charge >= 0.3 is 5.97 Å². The third-order valence-corrected chi connectivity index (χ3v) is 4.99. The van der Waals surface area contributed by atoms with E-state index in [1.165, 1.54) is 19.5 Å². The Balaban J connectivity index is 2.98. The minimum absolute atomic E-state index is 0.0677. The van der Waals surface area contributed by atoms with Crippen molar-refractivity contribution in [2.75, 3.05) is 20.6 Å². The number of hydrogen-bond acceptors (Lipinski definition) is 5. The summed E-state index contributed by atoms with van der Waals surface area (Å²) in [6.45, 7) is -0.322. The number of carbonyl (C=O) groups excluding carboxylic acids is 1. The van der Waals surface area contributed by atoms with Crippen LogP contribution >= 0.6 is 11.3 Å². The van der Waals surface area contributed by atoms with Gasteiger partial charge in [0.15, 0.2) is 0 Å². The second-order valence-electron chi connectivity index (χ2n) is 3.39. The fourth-order valence-electron chi connectivity index (χ4n) is 1.11. The van der Waals surface area contributed by atoms with Crippen molar-refractivity contribution in [3.05, 3.63) is 16.3 Å². The van der Waals surface area contributed by atoms with Gasteiger partial charge in [0.1, 0.15) is 4.88 Å². The predicted octanol–water partition coefficient (Wildman–Crippen LogP) is -0.187. The molecule has 1 amide bonds. The van der Waals surface area contributed by atoms with Crippen molar-refractivity contribution in [2.24, 2.45) is 0 Å². The summed E-state index contributed by atoms with van der Waals surface area (Å²) in [5.41, 5.74) is 0. The van der Waals surface area contributed by atoms with Gasteiger partial charge in [0.25, 0.3) is 0 Å². The van der Waals surface area contributed by atoms with Gasteiger partial charge in [-0.25, -0.2) is 13.2 Å². The molecule has 0 unspecified atom stereocenters. The smallest absolute Gasteiger partial charge is 0.345 e. The van der Waals surface area contributed by atoms with Crippen molar-refractivity contribution in [1.29, 1.82) is 0 Å². The number of carboxylic acids is 1. The van der Waals surface area contributed by atoms with Crippen LogP contribution in [-0.4, -0.2) is 50.3 Å². The molecular weight excluding hydrogens is 280 g/mol. The van der Waals surface area contributed by atoms with Crippen LogP contribution in [0.5, 0.6) is 0 Å². The van der Waals surface area contributed by atoms with Crippen LogP contribution in [0, 0.1) is 0 Å². The average Bonchev–Trinajstić information content (AvgIpc) is 2.78. The molecule has 0 aliphatic carbocycles. The van der Waals surface area contributed by atoms with Gasteiger partial charge in [0, 0.05) is 19.5 Å². The number of sulfonamides is 1. The van der Waals surface area contributed by atoms with Gasteiger partial charge < -0.3 is 10.4 Å². The highest BCUT2D eigenvalue weighted by molar-refractivity contribution is 7.89. The van der Waals surface area contributed by atoms with Crippen molar-refractivity contribution in [2.45, 2.75) is 4.90 Å². The molecule has 7 nitrogen and oxygen atoms in total. The first-order chi connectivity index (χ1) is 8.28. The Morgan fingerprint density at radius 1 is 1.50 bits per heavy atom. The Bertz CT molecular complexity index is 563. The number of aromatic carboxylic acids is 1. The number of amides is 1. The van der Waals surface area contributed by atoms with Gasteiger partial charge in [-0.2, -0.15) is 4.31 Å². The Morgan fingerprint density at radius 3 is 2.56 bits per heavy atom. The molecule has 0 atom stereocenters. The average molecular weight is 292 g/mol. The number of carbonyl (C=O) groups is 2. The predicted molar refractivity (Wildman–Crippen MR) is 65.2 cm³/mol. The molecule has 0 bridgehead atoms. The first-order valence-corrected chi connectivity index (χ1v) is 7.09. The van der Waals surface area contributed by atoms with Gasteiger partial charge in [0.2, 0.25) is 15.9 Å². The van der Waals surface area contributed by atoms with Gasteiger partial charge in [0.05, 0.1) is 11.4 Å². The van der Waals surface area contributed by atoms with Crippen LogP contribution in [0.25, 0.3) is 0 Å². The molecule has 1 heterocycles. The lowest BCUT2D eigenvalue weighted by Gasteiger charge is -2.14. The summed E-state index contributed by atoms with van der Waals surface area (Å²) in [6, 6.07) is 1.07. The van der Waals surface area contributed by atoms with Crippen LogP contribution in [0.2, 0.25) is 0 Å². The van der Waals surface area contributed by atoms with E-state index in [9.17, 15) is 18.0 Å². The molecule has 0 saturated heterocycles. The molecule has 0 spiro atoms. The van der Waals surface area contributed by atoms with Crippen LogP contribution in [0.15, 0.2) is 16.3 Å². The lowest BCUT2D eigenvalue weighted by Crippen LogP contribution is -2.36. The molecule has 0 radical (unpaired) electrons. The molecule has 0 saturated carbocycles. The number of carboxylic acid groups (broad SMARTS) is 1.